The zero-order valence-corrected chi connectivity index (χ0v) is 13.0. The van der Waals surface area contributed by atoms with Crippen molar-refractivity contribution in [1.82, 2.24) is 5.32 Å². The standard InChI is InChI=1S/C15H17ClFNO2S/c16-15-6-5-14(21-15)7-8-18-9-12(19)10-20-13-3-1-11(17)2-4-13/h1-6,12,18-19H,7-10H2. The fourth-order valence-electron chi connectivity index (χ4n) is 1.75. The van der Waals surface area contributed by atoms with E-state index in [4.69, 9.17) is 16.3 Å². The Bertz CT molecular complexity index is 547. The third-order valence-corrected chi connectivity index (χ3v) is 4.10. The van der Waals surface area contributed by atoms with Crippen LogP contribution in [0.2, 0.25) is 4.34 Å². The molecule has 1 unspecified atom stereocenters. The van der Waals surface area contributed by atoms with Gasteiger partial charge in [-0.25, -0.2) is 4.39 Å². The van der Waals surface area contributed by atoms with Gasteiger partial charge in [0.25, 0.3) is 0 Å². The molecule has 2 rings (SSSR count). The molecule has 21 heavy (non-hydrogen) atoms. The SMILES string of the molecule is OC(CNCCc1ccc(Cl)s1)COc1ccc(F)cc1. The summed E-state index contributed by atoms with van der Waals surface area (Å²) in [5.74, 6) is 0.238. The number of thiophene rings is 1. The fourth-order valence-corrected chi connectivity index (χ4v) is 2.84. The van der Waals surface area contributed by atoms with Crippen LogP contribution in [0.1, 0.15) is 4.88 Å². The summed E-state index contributed by atoms with van der Waals surface area (Å²) in [4.78, 5) is 1.21. The molecule has 1 atom stereocenters. The van der Waals surface area contributed by atoms with E-state index in [9.17, 15) is 9.50 Å². The number of halogens is 2. The molecule has 1 aromatic carbocycles. The molecule has 0 fully saturated rings. The van der Waals surface area contributed by atoms with E-state index in [0.717, 1.165) is 17.3 Å². The van der Waals surface area contributed by atoms with Crippen LogP contribution in [0.4, 0.5) is 4.39 Å². The average molecular weight is 330 g/mol. The lowest BCUT2D eigenvalue weighted by Crippen LogP contribution is -2.32. The first kappa shape index (κ1) is 16.2. The van der Waals surface area contributed by atoms with Crippen LogP contribution >= 0.6 is 22.9 Å². The van der Waals surface area contributed by atoms with Gasteiger partial charge in [0, 0.05) is 18.0 Å². The molecule has 0 amide bonds. The summed E-state index contributed by atoms with van der Waals surface area (Å²) < 4.78 is 18.9. The quantitative estimate of drug-likeness (QED) is 0.731. The summed E-state index contributed by atoms with van der Waals surface area (Å²) >= 11 is 7.41. The van der Waals surface area contributed by atoms with Crippen molar-refractivity contribution in [1.29, 1.82) is 0 Å². The molecule has 0 saturated carbocycles. The summed E-state index contributed by atoms with van der Waals surface area (Å²) in [6.07, 6.45) is 0.269. The molecular weight excluding hydrogens is 313 g/mol. The second-order valence-electron chi connectivity index (χ2n) is 4.58. The average Bonchev–Trinajstić information content (AvgIpc) is 2.89. The zero-order valence-electron chi connectivity index (χ0n) is 11.4. The Labute approximate surface area is 132 Å². The Balaban J connectivity index is 1.59. The molecule has 0 bridgehead atoms. The smallest absolute Gasteiger partial charge is 0.123 e. The van der Waals surface area contributed by atoms with Crippen LogP contribution in [0, 0.1) is 5.82 Å². The van der Waals surface area contributed by atoms with Gasteiger partial charge in [-0.2, -0.15) is 0 Å². The van der Waals surface area contributed by atoms with Gasteiger partial charge in [-0.3, -0.25) is 0 Å². The second-order valence-corrected chi connectivity index (χ2v) is 6.38. The molecular formula is C15H17ClFNO2S. The van der Waals surface area contributed by atoms with Crippen molar-refractivity contribution in [2.75, 3.05) is 19.7 Å². The van der Waals surface area contributed by atoms with E-state index in [0.29, 0.717) is 12.3 Å². The number of aliphatic hydroxyl groups is 1. The van der Waals surface area contributed by atoms with Crippen molar-refractivity contribution in [3.8, 4) is 5.75 Å². The highest BCUT2D eigenvalue weighted by atomic mass is 35.5. The minimum absolute atomic E-state index is 0.170. The lowest BCUT2D eigenvalue weighted by molar-refractivity contribution is 0.106. The first-order chi connectivity index (χ1) is 10.1. The third-order valence-electron chi connectivity index (χ3n) is 2.81. The molecule has 0 saturated heterocycles. The molecule has 2 aromatic rings. The predicted octanol–water partition coefficient (Wildman–Crippen LogP) is 3.11. The number of rotatable bonds is 8. The molecule has 0 aliphatic rings. The van der Waals surface area contributed by atoms with E-state index >= 15 is 0 Å². The lowest BCUT2D eigenvalue weighted by Gasteiger charge is -2.13. The van der Waals surface area contributed by atoms with Crippen LogP contribution in [0.25, 0.3) is 0 Å². The van der Waals surface area contributed by atoms with Crippen LogP contribution in [-0.2, 0) is 6.42 Å². The van der Waals surface area contributed by atoms with Crippen molar-refractivity contribution >= 4 is 22.9 Å². The summed E-state index contributed by atoms with van der Waals surface area (Å²) in [6, 6.07) is 9.61. The van der Waals surface area contributed by atoms with Crippen molar-refractivity contribution in [3.05, 3.63) is 51.4 Å². The first-order valence-corrected chi connectivity index (χ1v) is 7.84. The third kappa shape index (κ3) is 6.01. The minimum Gasteiger partial charge on any atom is -0.491 e. The van der Waals surface area contributed by atoms with Crippen LogP contribution in [0.5, 0.6) is 5.75 Å². The van der Waals surface area contributed by atoms with Gasteiger partial charge >= 0.3 is 0 Å². The number of ether oxygens (including phenoxy) is 1. The Morgan fingerprint density at radius 3 is 2.67 bits per heavy atom. The van der Waals surface area contributed by atoms with Crippen molar-refractivity contribution in [2.45, 2.75) is 12.5 Å². The molecule has 3 nitrogen and oxygen atoms in total. The molecule has 1 aromatic heterocycles. The van der Waals surface area contributed by atoms with Gasteiger partial charge in [0.15, 0.2) is 0 Å². The Hall–Kier alpha value is -1.14. The highest BCUT2D eigenvalue weighted by Crippen LogP contribution is 2.21. The van der Waals surface area contributed by atoms with Gasteiger partial charge in [0.1, 0.15) is 24.3 Å². The maximum Gasteiger partial charge on any atom is 0.123 e. The van der Waals surface area contributed by atoms with Gasteiger partial charge < -0.3 is 15.2 Å². The van der Waals surface area contributed by atoms with E-state index in [1.807, 2.05) is 12.1 Å². The van der Waals surface area contributed by atoms with Gasteiger partial charge in [0.2, 0.25) is 0 Å². The van der Waals surface area contributed by atoms with E-state index in [1.165, 1.54) is 29.1 Å². The summed E-state index contributed by atoms with van der Waals surface area (Å²) in [6.45, 7) is 1.38. The molecule has 2 N–H and O–H groups in total. The van der Waals surface area contributed by atoms with Crippen molar-refractivity contribution in [2.24, 2.45) is 0 Å². The minimum atomic E-state index is -0.609. The van der Waals surface area contributed by atoms with Gasteiger partial charge in [-0.1, -0.05) is 11.6 Å². The summed E-state index contributed by atoms with van der Waals surface area (Å²) in [5.41, 5.74) is 0. The second kappa shape index (κ2) is 8.34. The van der Waals surface area contributed by atoms with E-state index in [2.05, 4.69) is 5.32 Å². The highest BCUT2D eigenvalue weighted by Gasteiger charge is 2.05. The number of nitrogens with one attached hydrogen (secondary N) is 1. The van der Waals surface area contributed by atoms with Gasteiger partial charge in [0.05, 0.1) is 4.34 Å². The fraction of sp³-hybridized carbons (Fsp3) is 0.333. The Morgan fingerprint density at radius 1 is 1.24 bits per heavy atom. The maximum atomic E-state index is 12.7. The molecule has 0 spiro atoms. The molecule has 0 radical (unpaired) electrons. The summed E-state index contributed by atoms with van der Waals surface area (Å²) in [7, 11) is 0. The zero-order chi connectivity index (χ0) is 15.1. The highest BCUT2D eigenvalue weighted by molar-refractivity contribution is 7.16. The first-order valence-electron chi connectivity index (χ1n) is 6.65. The monoisotopic (exact) mass is 329 g/mol. The molecule has 6 heteroatoms. The van der Waals surface area contributed by atoms with E-state index in [1.54, 1.807) is 11.3 Å². The normalized spacial score (nSPS) is 12.3. The van der Waals surface area contributed by atoms with Crippen LogP contribution < -0.4 is 10.1 Å². The van der Waals surface area contributed by atoms with Crippen LogP contribution in [0.15, 0.2) is 36.4 Å². The molecule has 114 valence electrons. The van der Waals surface area contributed by atoms with E-state index < -0.39 is 6.10 Å². The Kier molecular flexibility index (Phi) is 6.45. The maximum absolute atomic E-state index is 12.7. The van der Waals surface area contributed by atoms with Gasteiger partial charge in [-0.15, -0.1) is 11.3 Å². The van der Waals surface area contributed by atoms with Crippen LogP contribution in [0.3, 0.4) is 0 Å². The Morgan fingerprint density at radius 2 is 2.00 bits per heavy atom. The van der Waals surface area contributed by atoms with Crippen molar-refractivity contribution in [3.63, 3.8) is 0 Å². The van der Waals surface area contributed by atoms with Crippen LogP contribution in [-0.4, -0.2) is 30.9 Å². The number of benzene rings is 1. The lowest BCUT2D eigenvalue weighted by atomic mass is 10.3. The molecule has 0 aliphatic heterocycles. The molecule has 0 aliphatic carbocycles. The summed E-state index contributed by atoms with van der Waals surface area (Å²) in [5, 5.41) is 12.9. The number of hydrogen-bond donors (Lipinski definition) is 2. The topological polar surface area (TPSA) is 41.5 Å². The van der Waals surface area contributed by atoms with E-state index in [-0.39, 0.29) is 12.4 Å². The predicted molar refractivity (Wildman–Crippen MR) is 83.8 cm³/mol. The van der Waals surface area contributed by atoms with Gasteiger partial charge in [-0.05, 0) is 42.8 Å². The largest absolute Gasteiger partial charge is 0.491 e. The number of hydrogen-bond acceptors (Lipinski definition) is 4. The number of aliphatic hydroxyl groups excluding tert-OH is 1. The molecule has 1 heterocycles. The van der Waals surface area contributed by atoms with Crippen molar-refractivity contribution < 1.29 is 14.2 Å².